The zero-order chi connectivity index (χ0) is 20.5. The summed E-state index contributed by atoms with van der Waals surface area (Å²) in [6.45, 7) is 6.43. The number of carbonyl (C=O) groups is 1. The monoisotopic (exact) mass is 401 g/mol. The van der Waals surface area contributed by atoms with E-state index in [-0.39, 0.29) is 33.9 Å². The molecule has 0 aliphatic carbocycles. The highest BCUT2D eigenvalue weighted by atomic mass is 35.5. The van der Waals surface area contributed by atoms with E-state index in [1.807, 2.05) is 19.9 Å². The Morgan fingerprint density at radius 2 is 1.96 bits per heavy atom. The van der Waals surface area contributed by atoms with Crippen LogP contribution >= 0.6 is 11.6 Å². The number of hydrogen-bond donors (Lipinski definition) is 1. The Labute approximate surface area is 168 Å². The lowest BCUT2D eigenvalue weighted by Gasteiger charge is -2.26. The van der Waals surface area contributed by atoms with Crippen molar-refractivity contribution in [2.24, 2.45) is 0 Å². The Morgan fingerprint density at radius 3 is 2.57 bits per heavy atom. The largest absolute Gasteiger partial charge is 0.372 e. The van der Waals surface area contributed by atoms with Crippen LogP contribution in [0.2, 0.25) is 5.02 Å². The molecule has 2 aromatic carbocycles. The van der Waals surface area contributed by atoms with E-state index in [0.29, 0.717) is 6.54 Å². The minimum Gasteiger partial charge on any atom is -0.372 e. The van der Waals surface area contributed by atoms with Gasteiger partial charge in [-0.3, -0.25) is 4.79 Å². The fraction of sp³-hybridized carbons (Fsp3) is 0.333. The highest BCUT2D eigenvalue weighted by Gasteiger charge is 2.53. The van der Waals surface area contributed by atoms with Crippen molar-refractivity contribution in [2.45, 2.75) is 19.4 Å². The first-order valence-corrected chi connectivity index (χ1v) is 9.52. The number of carbonyl (C=O) groups excluding carboxylic acids is 1. The molecule has 28 heavy (non-hydrogen) atoms. The maximum Gasteiger partial charge on any atom is 0.268 e. The predicted molar refractivity (Wildman–Crippen MR) is 106 cm³/mol. The minimum atomic E-state index is -2.24. The van der Waals surface area contributed by atoms with Crippen LogP contribution in [0.3, 0.4) is 0 Å². The summed E-state index contributed by atoms with van der Waals surface area (Å²) in [5, 5.41) is 20.8. The van der Waals surface area contributed by atoms with Crippen molar-refractivity contribution in [3.05, 3.63) is 63.9 Å². The molecule has 5 nitrogen and oxygen atoms in total. The molecule has 1 aliphatic rings. The lowest BCUT2D eigenvalue weighted by molar-refractivity contribution is -0.132. The quantitative estimate of drug-likeness (QED) is 0.806. The van der Waals surface area contributed by atoms with Crippen LogP contribution in [0.15, 0.2) is 36.4 Å². The molecule has 0 radical (unpaired) electrons. The molecule has 0 aromatic heterocycles. The molecule has 1 heterocycles. The zero-order valence-corrected chi connectivity index (χ0v) is 16.5. The molecule has 1 amide bonds. The van der Waals surface area contributed by atoms with Crippen LogP contribution in [0.5, 0.6) is 0 Å². The molecule has 1 aliphatic heterocycles. The topological polar surface area (TPSA) is 67.6 Å². The van der Waals surface area contributed by atoms with Crippen LogP contribution in [0.1, 0.15) is 30.5 Å². The highest BCUT2D eigenvalue weighted by molar-refractivity contribution is 6.32. The molecule has 1 atom stereocenters. The molecule has 0 bridgehead atoms. The zero-order valence-electron chi connectivity index (χ0n) is 15.7. The summed E-state index contributed by atoms with van der Waals surface area (Å²) in [6, 6.07) is 10.7. The second-order valence-corrected chi connectivity index (χ2v) is 7.05. The van der Waals surface area contributed by atoms with Crippen molar-refractivity contribution in [1.82, 2.24) is 4.90 Å². The number of benzene rings is 2. The summed E-state index contributed by atoms with van der Waals surface area (Å²) in [5.41, 5.74) is -1.99. The van der Waals surface area contributed by atoms with Gasteiger partial charge in [-0.25, -0.2) is 4.39 Å². The van der Waals surface area contributed by atoms with Crippen LogP contribution in [0.4, 0.5) is 10.1 Å². The lowest BCUT2D eigenvalue weighted by Crippen LogP contribution is -2.44. The van der Waals surface area contributed by atoms with E-state index in [0.717, 1.165) is 19.2 Å². The van der Waals surface area contributed by atoms with Gasteiger partial charge in [0.2, 0.25) is 5.60 Å². The van der Waals surface area contributed by atoms with E-state index in [2.05, 4.69) is 4.90 Å². The maximum absolute atomic E-state index is 15.0. The summed E-state index contributed by atoms with van der Waals surface area (Å²) in [7, 11) is 0. The second kappa shape index (κ2) is 7.88. The summed E-state index contributed by atoms with van der Waals surface area (Å²) in [6.07, 6.45) is 0. The molecular weight excluding hydrogens is 381 g/mol. The highest BCUT2D eigenvalue weighted by Crippen LogP contribution is 2.47. The summed E-state index contributed by atoms with van der Waals surface area (Å²) >= 11 is 6.24. The van der Waals surface area contributed by atoms with Crippen molar-refractivity contribution in [2.75, 3.05) is 31.1 Å². The molecule has 0 saturated carbocycles. The third kappa shape index (κ3) is 3.16. The fourth-order valence-electron chi connectivity index (χ4n) is 3.65. The van der Waals surface area contributed by atoms with Gasteiger partial charge in [0, 0.05) is 23.7 Å². The third-order valence-electron chi connectivity index (χ3n) is 5.20. The number of amides is 1. The maximum atomic E-state index is 15.0. The van der Waals surface area contributed by atoms with E-state index < -0.39 is 17.3 Å². The molecule has 1 unspecified atom stereocenters. The number of nitriles is 1. The molecule has 2 aromatic rings. The molecule has 0 fully saturated rings. The molecule has 7 heteroatoms. The van der Waals surface area contributed by atoms with E-state index >= 15 is 0 Å². The van der Waals surface area contributed by atoms with Gasteiger partial charge < -0.3 is 14.9 Å². The molecule has 1 N–H and O–H groups in total. The number of halogens is 2. The van der Waals surface area contributed by atoms with Crippen molar-refractivity contribution in [3.8, 4) is 6.07 Å². The van der Waals surface area contributed by atoms with Gasteiger partial charge in [-0.15, -0.1) is 0 Å². The first-order chi connectivity index (χ1) is 13.4. The first kappa shape index (κ1) is 20.3. The Hall–Kier alpha value is -2.46. The van der Waals surface area contributed by atoms with E-state index in [9.17, 15) is 19.6 Å². The Balaban J connectivity index is 2.17. The van der Waals surface area contributed by atoms with Gasteiger partial charge in [0.15, 0.2) is 0 Å². The Kier molecular flexibility index (Phi) is 5.71. The number of anilines is 1. The lowest BCUT2D eigenvalue weighted by atomic mass is 9.86. The van der Waals surface area contributed by atoms with Crippen LogP contribution in [-0.4, -0.2) is 42.1 Å². The normalized spacial score (nSPS) is 18.5. The second-order valence-electron chi connectivity index (χ2n) is 6.64. The van der Waals surface area contributed by atoms with Gasteiger partial charge >= 0.3 is 0 Å². The minimum absolute atomic E-state index is 0.0836. The van der Waals surface area contributed by atoms with E-state index in [1.165, 1.54) is 17.0 Å². The van der Waals surface area contributed by atoms with Gasteiger partial charge in [-0.05, 0) is 31.3 Å². The smallest absolute Gasteiger partial charge is 0.268 e. The third-order valence-corrected chi connectivity index (χ3v) is 5.53. The Bertz CT molecular complexity index is 955. The number of likely N-dealkylation sites (N-methyl/N-ethyl adjacent to an activating group) is 1. The van der Waals surface area contributed by atoms with E-state index in [1.54, 1.807) is 18.2 Å². The van der Waals surface area contributed by atoms with Crippen molar-refractivity contribution in [3.63, 3.8) is 0 Å². The molecule has 3 rings (SSSR count). The predicted octanol–water partition coefficient (Wildman–Crippen LogP) is 3.28. The van der Waals surface area contributed by atoms with Gasteiger partial charge in [-0.2, -0.15) is 5.26 Å². The van der Waals surface area contributed by atoms with Crippen LogP contribution in [-0.2, 0) is 10.4 Å². The summed E-state index contributed by atoms with van der Waals surface area (Å²) < 4.78 is 15.0. The number of nitrogens with zero attached hydrogens (tertiary/aromatic N) is 3. The Morgan fingerprint density at radius 1 is 1.29 bits per heavy atom. The molecule has 0 saturated heterocycles. The SMILES string of the molecule is CCN(CC)CCN1C(=O)C(O)(c2ccccc2Cl)c2c(F)cc(C#N)cc21. The molecular formula is C21H21ClFN3O2. The number of aliphatic hydroxyl groups is 1. The van der Waals surface area contributed by atoms with Crippen molar-refractivity contribution in [1.29, 1.82) is 5.26 Å². The number of fused-ring (bicyclic) bond motifs is 1. The van der Waals surface area contributed by atoms with Gasteiger partial charge in [0.25, 0.3) is 5.91 Å². The van der Waals surface area contributed by atoms with Crippen molar-refractivity contribution < 1.29 is 14.3 Å². The van der Waals surface area contributed by atoms with Crippen LogP contribution in [0.25, 0.3) is 0 Å². The van der Waals surface area contributed by atoms with Crippen LogP contribution < -0.4 is 4.90 Å². The average molecular weight is 402 g/mol. The standard InChI is InChI=1S/C21H21ClFN3O2/c1-3-25(4-2)9-10-26-18-12-14(13-24)11-17(23)19(18)21(28,20(26)27)15-7-5-6-8-16(15)22/h5-8,11-12,28H,3-4,9-10H2,1-2H3. The van der Waals surface area contributed by atoms with E-state index in [4.69, 9.17) is 11.6 Å². The summed E-state index contributed by atoms with van der Waals surface area (Å²) in [5.74, 6) is -1.48. The number of hydrogen-bond acceptors (Lipinski definition) is 4. The first-order valence-electron chi connectivity index (χ1n) is 9.14. The van der Waals surface area contributed by atoms with Crippen molar-refractivity contribution >= 4 is 23.2 Å². The average Bonchev–Trinajstić information content (AvgIpc) is 2.91. The number of rotatable bonds is 6. The van der Waals surface area contributed by atoms with Gasteiger partial charge in [0.1, 0.15) is 5.82 Å². The summed E-state index contributed by atoms with van der Waals surface area (Å²) in [4.78, 5) is 16.8. The van der Waals surface area contributed by atoms with Crippen LogP contribution in [0, 0.1) is 17.1 Å². The van der Waals surface area contributed by atoms with Gasteiger partial charge in [-0.1, -0.05) is 43.6 Å². The molecule has 146 valence electrons. The fourth-order valence-corrected chi connectivity index (χ4v) is 3.92. The molecule has 0 spiro atoms. The van der Waals surface area contributed by atoms with Gasteiger partial charge in [0.05, 0.1) is 22.9 Å².